The summed E-state index contributed by atoms with van der Waals surface area (Å²) in [5, 5.41) is 18.2. The standard InChI is InChI=1S/C68H80N10O8/c1-41(69-9)59(79)75-57(67(3,4)5)65(83)77-37-49(35-53(77)63-73-51(39-85-63)55(43-23-15-11-16-24-43)44-25-17-12-18-26-44)71-61(81)47-31-33-48(34-32-47)62(82)72-50-36-54(78(38-50)66(84)58(68(6,7)8)76-60(80)42(2)70-10)64-74-52(40-86-64)56(45-27-19-13-20-28-45)46-29-21-14-22-30-46/h11-34,39-42,49-50,53-58,69-70H,35-38H2,1-10H3,(H,71,81)(H,72,82)(H,75,79)(H,76,80)/t41-,42-,49-,50-,53-,54-,57+,58+/m0/s1. The van der Waals surface area contributed by atoms with Gasteiger partial charge in [-0.05, 0) is 98.1 Å². The maximum atomic E-state index is 15.0. The van der Waals surface area contributed by atoms with Crippen LogP contribution in [-0.4, -0.2) is 119 Å². The van der Waals surface area contributed by atoms with Crippen molar-refractivity contribution in [1.29, 1.82) is 0 Å². The molecule has 0 spiro atoms. The van der Waals surface area contributed by atoms with E-state index in [0.717, 1.165) is 22.3 Å². The molecule has 450 valence electrons. The average Bonchev–Trinajstić information content (AvgIpc) is 1.91. The van der Waals surface area contributed by atoms with Crippen LogP contribution in [0.3, 0.4) is 0 Å². The van der Waals surface area contributed by atoms with Gasteiger partial charge in [-0.15, -0.1) is 0 Å². The SMILES string of the molecule is CN[C@@H](C)C(=O)N[C@H](C(=O)N1C[C@@H](NC(=O)c2ccc(C(=O)N[C@H]3C[C@@H](c4nc(C(c5ccccc5)c5ccccc5)co4)N(C(=O)[C@@H](NC(=O)[C@H](C)NC)C(C)(C)C)C3)cc2)C[C@H]1c1nc(C(c2ccccc2)c2ccccc2)co1)C(C)(C)C. The minimum absolute atomic E-state index is 0.0909. The molecule has 2 aromatic heterocycles. The van der Waals surface area contributed by atoms with Crippen LogP contribution in [0.25, 0.3) is 0 Å². The zero-order valence-electron chi connectivity index (χ0n) is 50.7. The number of oxazole rings is 2. The van der Waals surface area contributed by atoms with E-state index in [1.54, 1.807) is 74.5 Å². The Morgan fingerprint density at radius 1 is 0.477 bits per heavy atom. The van der Waals surface area contributed by atoms with Gasteiger partial charge in [0.05, 0.1) is 35.3 Å². The van der Waals surface area contributed by atoms with E-state index in [-0.39, 0.29) is 72.5 Å². The molecule has 2 fully saturated rings. The summed E-state index contributed by atoms with van der Waals surface area (Å²) in [5.74, 6) is -2.17. The van der Waals surface area contributed by atoms with E-state index in [2.05, 4.69) is 31.9 Å². The second-order valence-corrected chi connectivity index (χ2v) is 24.8. The zero-order valence-corrected chi connectivity index (χ0v) is 50.7. The van der Waals surface area contributed by atoms with Gasteiger partial charge in [-0.25, -0.2) is 9.97 Å². The number of nitrogens with zero attached hydrogens (tertiary/aromatic N) is 4. The fourth-order valence-electron chi connectivity index (χ4n) is 11.4. The van der Waals surface area contributed by atoms with Crippen molar-refractivity contribution in [1.82, 2.24) is 51.7 Å². The second-order valence-electron chi connectivity index (χ2n) is 24.8. The number of amides is 6. The first-order valence-electron chi connectivity index (χ1n) is 29.5. The van der Waals surface area contributed by atoms with Gasteiger partial charge in [0, 0.05) is 36.3 Å². The van der Waals surface area contributed by atoms with Gasteiger partial charge in [0.15, 0.2) is 0 Å². The summed E-state index contributed by atoms with van der Waals surface area (Å²) >= 11 is 0. The number of likely N-dealkylation sites (tertiary alicyclic amines) is 2. The smallest absolute Gasteiger partial charge is 0.251 e. The fraction of sp³-hybridized carbons (Fsp3) is 0.382. The molecule has 0 saturated carbocycles. The normalized spacial score (nSPS) is 18.5. The highest BCUT2D eigenvalue weighted by atomic mass is 16.3. The van der Waals surface area contributed by atoms with E-state index in [1.165, 1.54) is 0 Å². The zero-order chi connectivity index (χ0) is 61.5. The molecule has 9 rings (SSSR count). The largest absolute Gasteiger partial charge is 0.446 e. The molecule has 0 aliphatic carbocycles. The molecule has 6 amide bonds. The summed E-state index contributed by atoms with van der Waals surface area (Å²) in [4.78, 5) is 98.7. The van der Waals surface area contributed by atoms with Gasteiger partial charge in [-0.1, -0.05) is 163 Å². The predicted octanol–water partition coefficient (Wildman–Crippen LogP) is 8.44. The summed E-state index contributed by atoms with van der Waals surface area (Å²) in [7, 11) is 3.36. The first-order valence-corrected chi connectivity index (χ1v) is 29.5. The molecule has 18 heteroatoms. The van der Waals surface area contributed by atoms with E-state index >= 15 is 0 Å². The van der Waals surface area contributed by atoms with Crippen molar-refractivity contribution in [3.63, 3.8) is 0 Å². The summed E-state index contributed by atoms with van der Waals surface area (Å²) in [5.41, 5.74) is 4.47. The molecule has 4 heterocycles. The summed E-state index contributed by atoms with van der Waals surface area (Å²) < 4.78 is 12.6. The van der Waals surface area contributed by atoms with Crippen molar-refractivity contribution in [2.75, 3.05) is 27.2 Å². The Labute approximate surface area is 503 Å². The molecular formula is C68H80N10O8. The number of nitrogens with one attached hydrogen (secondary N) is 6. The molecule has 0 bridgehead atoms. The van der Waals surface area contributed by atoms with E-state index in [9.17, 15) is 28.8 Å². The number of likely N-dealkylation sites (N-methyl/N-ethyl adjacent to an activating group) is 2. The van der Waals surface area contributed by atoms with Gasteiger partial charge in [-0.2, -0.15) is 0 Å². The van der Waals surface area contributed by atoms with Crippen LogP contribution in [0.1, 0.15) is 158 Å². The molecule has 2 aliphatic heterocycles. The van der Waals surface area contributed by atoms with Crippen LogP contribution < -0.4 is 31.9 Å². The Hall–Kier alpha value is -8.74. The molecule has 2 saturated heterocycles. The van der Waals surface area contributed by atoms with Crippen LogP contribution in [-0.2, 0) is 19.2 Å². The van der Waals surface area contributed by atoms with Crippen LogP contribution in [0.5, 0.6) is 0 Å². The molecule has 18 nitrogen and oxygen atoms in total. The van der Waals surface area contributed by atoms with Gasteiger partial charge < -0.3 is 50.5 Å². The van der Waals surface area contributed by atoms with Crippen molar-refractivity contribution < 1.29 is 37.6 Å². The van der Waals surface area contributed by atoms with Crippen LogP contribution >= 0.6 is 0 Å². The lowest BCUT2D eigenvalue weighted by Crippen LogP contribution is -2.57. The molecule has 86 heavy (non-hydrogen) atoms. The molecule has 2 aliphatic rings. The van der Waals surface area contributed by atoms with Crippen LogP contribution in [0.4, 0.5) is 0 Å². The first-order chi connectivity index (χ1) is 41.1. The lowest BCUT2D eigenvalue weighted by molar-refractivity contribution is -0.141. The molecule has 8 atom stereocenters. The molecule has 6 N–H and O–H groups in total. The maximum Gasteiger partial charge on any atom is 0.251 e. The van der Waals surface area contributed by atoms with Crippen molar-refractivity contribution in [3.8, 4) is 0 Å². The molecule has 5 aromatic carbocycles. The van der Waals surface area contributed by atoms with Gasteiger partial charge in [0.25, 0.3) is 11.8 Å². The summed E-state index contributed by atoms with van der Waals surface area (Å²) in [6.45, 7) is 15.0. The maximum absolute atomic E-state index is 15.0. The van der Waals surface area contributed by atoms with E-state index in [4.69, 9.17) is 18.8 Å². The van der Waals surface area contributed by atoms with E-state index < -0.39 is 71.0 Å². The number of rotatable bonds is 20. The third kappa shape index (κ3) is 14.2. The number of aromatic nitrogens is 2. The van der Waals surface area contributed by atoms with E-state index in [0.29, 0.717) is 23.2 Å². The number of hydrogen-bond acceptors (Lipinski definition) is 12. The Morgan fingerprint density at radius 2 is 0.779 bits per heavy atom. The van der Waals surface area contributed by atoms with Crippen LogP contribution in [0.2, 0.25) is 0 Å². The molecule has 0 radical (unpaired) electrons. The van der Waals surface area contributed by atoms with Crippen molar-refractivity contribution >= 4 is 35.4 Å². The highest BCUT2D eigenvalue weighted by Gasteiger charge is 2.47. The lowest BCUT2D eigenvalue weighted by atomic mass is 9.85. The van der Waals surface area contributed by atoms with Crippen molar-refractivity contribution in [3.05, 3.63) is 215 Å². The monoisotopic (exact) mass is 1160 g/mol. The summed E-state index contributed by atoms with van der Waals surface area (Å²) in [6.07, 6.45) is 3.77. The third-order valence-electron chi connectivity index (χ3n) is 16.5. The number of hydrogen-bond donors (Lipinski definition) is 6. The van der Waals surface area contributed by atoms with Crippen LogP contribution in [0.15, 0.2) is 167 Å². The summed E-state index contributed by atoms with van der Waals surface area (Å²) in [6, 6.07) is 40.7. The van der Waals surface area contributed by atoms with Gasteiger partial charge in [0.2, 0.25) is 35.4 Å². The quantitative estimate of drug-likeness (QED) is 0.0422. The Kier molecular flexibility index (Phi) is 19.2. The second kappa shape index (κ2) is 26.7. The third-order valence-corrected chi connectivity index (χ3v) is 16.5. The topological polar surface area (TPSA) is 233 Å². The fourth-order valence-corrected chi connectivity index (χ4v) is 11.4. The minimum atomic E-state index is -0.941. The van der Waals surface area contributed by atoms with Gasteiger partial charge >= 0.3 is 0 Å². The minimum Gasteiger partial charge on any atom is -0.446 e. The first kappa shape index (κ1) is 61.8. The highest BCUT2D eigenvalue weighted by molar-refractivity contribution is 5.98. The van der Waals surface area contributed by atoms with Crippen molar-refractivity contribution in [2.45, 2.75) is 128 Å². The van der Waals surface area contributed by atoms with Crippen LogP contribution in [0, 0.1) is 10.8 Å². The predicted molar refractivity (Wildman–Crippen MR) is 328 cm³/mol. The molecular weight excluding hydrogens is 1080 g/mol. The number of carbonyl (C=O) groups excluding carboxylic acids is 6. The van der Waals surface area contributed by atoms with Gasteiger partial charge in [-0.3, -0.25) is 28.8 Å². The number of carbonyl (C=O) groups is 6. The molecule has 7 aromatic rings. The van der Waals surface area contributed by atoms with E-state index in [1.807, 2.05) is 163 Å². The Morgan fingerprint density at radius 3 is 1.06 bits per heavy atom. The molecule has 0 unspecified atom stereocenters. The lowest BCUT2D eigenvalue weighted by Gasteiger charge is -2.35. The van der Waals surface area contributed by atoms with Crippen molar-refractivity contribution in [2.24, 2.45) is 10.8 Å². The number of benzene rings is 5. The van der Waals surface area contributed by atoms with Gasteiger partial charge in [0.1, 0.15) is 36.7 Å². The highest BCUT2D eigenvalue weighted by Crippen LogP contribution is 2.40. The Bertz CT molecular complexity index is 3150. The Balaban J connectivity index is 0.944. The average molecular weight is 1170 g/mol.